The molecule has 0 fully saturated rings. The van der Waals surface area contributed by atoms with Crippen molar-refractivity contribution in [2.75, 3.05) is 37.8 Å². The maximum atomic E-state index is 13.4. The summed E-state index contributed by atoms with van der Waals surface area (Å²) in [5.74, 6) is -0.734. The monoisotopic (exact) mass is 468 g/mol. The largest absolute Gasteiger partial charge is 0.460 e. The van der Waals surface area contributed by atoms with E-state index in [4.69, 9.17) is 9.47 Å². The maximum absolute atomic E-state index is 13.4. The molecule has 0 radical (unpaired) electrons. The third-order valence-electron chi connectivity index (χ3n) is 6.62. The average molecular weight is 469 g/mol. The van der Waals surface area contributed by atoms with Gasteiger partial charge in [-0.2, -0.15) is 0 Å². The van der Waals surface area contributed by atoms with Crippen molar-refractivity contribution in [2.45, 2.75) is 66.7 Å². The molecule has 0 amide bonds. The molecular formula is C28H40N2O4. The smallest absolute Gasteiger partial charge is 0.336 e. The van der Waals surface area contributed by atoms with Gasteiger partial charge in [-0.3, -0.25) is 4.79 Å². The summed E-state index contributed by atoms with van der Waals surface area (Å²) in [5.41, 5.74) is 4.85. The fraction of sp³-hybridized carbons (Fsp3) is 0.571. The van der Waals surface area contributed by atoms with Crippen LogP contribution in [0.2, 0.25) is 0 Å². The van der Waals surface area contributed by atoms with Gasteiger partial charge in [-0.1, -0.05) is 32.9 Å². The van der Waals surface area contributed by atoms with E-state index in [0.717, 1.165) is 48.6 Å². The first-order chi connectivity index (χ1) is 16.2. The van der Waals surface area contributed by atoms with Crippen molar-refractivity contribution in [3.05, 3.63) is 52.4 Å². The molecule has 0 aromatic heterocycles. The number of anilines is 1. The summed E-state index contributed by atoms with van der Waals surface area (Å²) >= 11 is 0. The van der Waals surface area contributed by atoms with Crippen molar-refractivity contribution in [3.63, 3.8) is 0 Å². The predicted molar refractivity (Wildman–Crippen MR) is 136 cm³/mol. The molecule has 1 N–H and O–H groups in total. The summed E-state index contributed by atoms with van der Waals surface area (Å²) in [6.07, 6.45) is 2.16. The highest BCUT2D eigenvalue weighted by Crippen LogP contribution is 2.47. The van der Waals surface area contributed by atoms with Gasteiger partial charge in [0.25, 0.3) is 0 Å². The minimum absolute atomic E-state index is 0.0978. The number of carbonyl (C=O) groups is 2. The first-order valence-corrected chi connectivity index (χ1v) is 12.6. The number of benzene rings is 1. The number of nitrogens with one attached hydrogen (secondary N) is 1. The lowest BCUT2D eigenvalue weighted by Crippen LogP contribution is -2.38. The quantitative estimate of drug-likeness (QED) is 0.380. The molecule has 6 heteroatoms. The van der Waals surface area contributed by atoms with Gasteiger partial charge in [0.1, 0.15) is 6.61 Å². The Morgan fingerprint density at radius 2 is 1.74 bits per heavy atom. The predicted octanol–water partition coefficient (Wildman–Crippen LogP) is 5.11. The second-order valence-corrected chi connectivity index (χ2v) is 9.94. The van der Waals surface area contributed by atoms with Gasteiger partial charge >= 0.3 is 5.97 Å². The van der Waals surface area contributed by atoms with E-state index in [9.17, 15) is 9.59 Å². The molecule has 0 unspecified atom stereocenters. The zero-order valence-electron chi connectivity index (χ0n) is 21.6. The topological polar surface area (TPSA) is 67.9 Å². The molecule has 0 saturated heterocycles. The Morgan fingerprint density at radius 1 is 1.06 bits per heavy atom. The first-order valence-electron chi connectivity index (χ1n) is 12.6. The van der Waals surface area contributed by atoms with Crippen LogP contribution in [-0.2, 0) is 19.1 Å². The molecule has 3 rings (SSSR count). The van der Waals surface area contributed by atoms with Crippen LogP contribution in [0.5, 0.6) is 0 Å². The van der Waals surface area contributed by atoms with E-state index >= 15 is 0 Å². The van der Waals surface area contributed by atoms with Crippen LogP contribution < -0.4 is 10.2 Å². The second kappa shape index (κ2) is 11.2. The van der Waals surface area contributed by atoms with E-state index in [1.165, 1.54) is 0 Å². The normalized spacial score (nSPS) is 19.6. The molecular weight excluding hydrogens is 428 g/mol. The lowest BCUT2D eigenvalue weighted by molar-refractivity contribution is -0.141. The van der Waals surface area contributed by atoms with Gasteiger partial charge in [-0.15, -0.1) is 0 Å². The summed E-state index contributed by atoms with van der Waals surface area (Å²) in [6, 6.07) is 8.26. The van der Waals surface area contributed by atoms with E-state index < -0.39 is 11.9 Å². The fourth-order valence-corrected chi connectivity index (χ4v) is 5.02. The Morgan fingerprint density at radius 3 is 2.35 bits per heavy atom. The molecule has 2 aliphatic rings. The van der Waals surface area contributed by atoms with Crippen LogP contribution in [0.4, 0.5) is 5.69 Å². The Bertz CT molecular complexity index is 955. The van der Waals surface area contributed by atoms with Gasteiger partial charge in [0, 0.05) is 54.7 Å². The number of dihydropyridines is 1. The van der Waals surface area contributed by atoms with Crippen molar-refractivity contribution in [2.24, 2.45) is 5.41 Å². The fourth-order valence-electron chi connectivity index (χ4n) is 5.02. The van der Waals surface area contributed by atoms with E-state index in [2.05, 4.69) is 50.0 Å². The maximum Gasteiger partial charge on any atom is 0.336 e. The number of allylic oxidation sites excluding steroid dienone is 3. The highest BCUT2D eigenvalue weighted by atomic mass is 16.6. The van der Waals surface area contributed by atoms with Gasteiger partial charge in [-0.25, -0.2) is 4.79 Å². The average Bonchev–Trinajstić information content (AvgIpc) is 2.78. The minimum atomic E-state index is -0.435. The molecule has 1 aromatic rings. The summed E-state index contributed by atoms with van der Waals surface area (Å²) in [4.78, 5) is 29.0. The van der Waals surface area contributed by atoms with Crippen molar-refractivity contribution < 1.29 is 19.1 Å². The van der Waals surface area contributed by atoms with Gasteiger partial charge in [0.15, 0.2) is 5.78 Å². The standard InChI is InChI=1S/C28H40N2O4/c1-7-14-33-15-16-34-27(32)24-19(4)29-22-17-28(5,6)18-23(31)26(22)25(24)20-10-12-21(13-11-20)30(8-2)9-3/h10-13,25,29H,7-9,14-18H2,1-6H3/t25-/m1/s1. The second-order valence-electron chi connectivity index (χ2n) is 9.94. The highest BCUT2D eigenvalue weighted by Gasteiger charge is 2.43. The van der Waals surface area contributed by atoms with Crippen molar-refractivity contribution in [3.8, 4) is 0 Å². The number of esters is 1. The lowest BCUT2D eigenvalue weighted by Gasteiger charge is -2.39. The van der Waals surface area contributed by atoms with Gasteiger partial charge in [0.05, 0.1) is 12.2 Å². The SMILES string of the molecule is CCCOCCOC(=O)C1=C(C)NC2=C(C(=O)CC(C)(C)C2)[C@@H]1c1ccc(N(CC)CC)cc1. The molecule has 1 aromatic carbocycles. The number of carbonyl (C=O) groups excluding carboxylic acids is 2. The molecule has 1 aliphatic carbocycles. The molecule has 1 aliphatic heterocycles. The summed E-state index contributed by atoms with van der Waals surface area (Å²) < 4.78 is 11.1. The molecule has 0 spiro atoms. The van der Waals surface area contributed by atoms with E-state index in [-0.39, 0.29) is 17.8 Å². The molecule has 1 heterocycles. The van der Waals surface area contributed by atoms with Crippen LogP contribution in [0.15, 0.2) is 46.8 Å². The number of nitrogens with zero attached hydrogens (tertiary/aromatic N) is 1. The number of hydrogen-bond acceptors (Lipinski definition) is 6. The number of rotatable bonds is 10. The van der Waals surface area contributed by atoms with E-state index in [0.29, 0.717) is 30.8 Å². The number of hydrogen-bond donors (Lipinski definition) is 1. The van der Waals surface area contributed by atoms with Crippen LogP contribution in [-0.4, -0.2) is 44.7 Å². The van der Waals surface area contributed by atoms with Crippen molar-refractivity contribution >= 4 is 17.4 Å². The molecule has 34 heavy (non-hydrogen) atoms. The molecule has 0 bridgehead atoms. The van der Waals surface area contributed by atoms with Crippen molar-refractivity contribution in [1.82, 2.24) is 5.32 Å². The van der Waals surface area contributed by atoms with Crippen LogP contribution in [0.3, 0.4) is 0 Å². The van der Waals surface area contributed by atoms with Crippen LogP contribution >= 0.6 is 0 Å². The Balaban J connectivity index is 1.98. The minimum Gasteiger partial charge on any atom is -0.460 e. The summed E-state index contributed by atoms with van der Waals surface area (Å²) in [6.45, 7) is 15.5. The Labute approximate surface area is 204 Å². The Hall–Kier alpha value is -2.60. The van der Waals surface area contributed by atoms with Crippen LogP contribution in [0.1, 0.15) is 72.3 Å². The highest BCUT2D eigenvalue weighted by molar-refractivity contribution is 6.04. The Kier molecular flexibility index (Phi) is 8.58. The lowest BCUT2D eigenvalue weighted by atomic mass is 9.68. The third-order valence-corrected chi connectivity index (χ3v) is 6.62. The molecule has 6 nitrogen and oxygen atoms in total. The van der Waals surface area contributed by atoms with Gasteiger partial charge in [-0.05, 0) is 56.7 Å². The van der Waals surface area contributed by atoms with Gasteiger partial charge in [0.2, 0.25) is 0 Å². The third kappa shape index (κ3) is 5.72. The molecule has 186 valence electrons. The van der Waals surface area contributed by atoms with E-state index in [1.54, 1.807) is 0 Å². The van der Waals surface area contributed by atoms with Crippen molar-refractivity contribution in [1.29, 1.82) is 0 Å². The van der Waals surface area contributed by atoms with Gasteiger partial charge < -0.3 is 19.7 Å². The number of Topliss-reactive ketones (excluding diaryl/α,β-unsaturated/α-hetero) is 1. The van der Waals surface area contributed by atoms with E-state index in [1.807, 2.05) is 26.0 Å². The first kappa shape index (κ1) is 26.0. The molecule has 1 atom stereocenters. The summed E-state index contributed by atoms with van der Waals surface area (Å²) in [5, 5.41) is 3.39. The number of ether oxygens (including phenoxy) is 2. The number of ketones is 1. The van der Waals surface area contributed by atoms with Crippen LogP contribution in [0, 0.1) is 5.41 Å². The zero-order valence-corrected chi connectivity index (χ0v) is 21.6. The van der Waals surface area contributed by atoms with Crippen LogP contribution in [0.25, 0.3) is 0 Å². The molecule has 0 saturated carbocycles. The zero-order chi connectivity index (χ0) is 24.9. The summed E-state index contributed by atoms with van der Waals surface area (Å²) in [7, 11) is 0.